The highest BCUT2D eigenvalue weighted by molar-refractivity contribution is 5.81. The maximum atomic E-state index is 13.3. The Morgan fingerprint density at radius 1 is 1.16 bits per heavy atom. The Bertz CT molecular complexity index is 947. The summed E-state index contributed by atoms with van der Waals surface area (Å²) in [6, 6.07) is 4.00. The van der Waals surface area contributed by atoms with Crippen molar-refractivity contribution in [3.63, 3.8) is 0 Å². The molecule has 32 heavy (non-hydrogen) atoms. The third-order valence-corrected chi connectivity index (χ3v) is 7.04. The first-order valence-electron chi connectivity index (χ1n) is 11.4. The van der Waals surface area contributed by atoms with Crippen LogP contribution in [0.2, 0.25) is 0 Å². The van der Waals surface area contributed by atoms with Gasteiger partial charge in [-0.3, -0.25) is 9.69 Å². The van der Waals surface area contributed by atoms with Crippen LogP contribution < -0.4 is 4.74 Å². The number of fused-ring (bicyclic) bond motifs is 2. The monoisotopic (exact) mass is 440 g/mol. The van der Waals surface area contributed by atoms with Gasteiger partial charge in [-0.2, -0.15) is 0 Å². The van der Waals surface area contributed by atoms with Crippen molar-refractivity contribution in [2.24, 2.45) is 0 Å². The number of nitrogens with zero attached hydrogens (tertiary/aromatic N) is 6. The van der Waals surface area contributed by atoms with Crippen molar-refractivity contribution in [2.45, 2.75) is 37.6 Å². The van der Waals surface area contributed by atoms with Gasteiger partial charge in [0.15, 0.2) is 6.10 Å². The average molecular weight is 441 g/mol. The number of amides is 1. The summed E-state index contributed by atoms with van der Waals surface area (Å²) in [4.78, 5) is 28.9. The third-order valence-electron chi connectivity index (χ3n) is 7.04. The van der Waals surface area contributed by atoms with Gasteiger partial charge in [-0.1, -0.05) is 6.07 Å². The van der Waals surface area contributed by atoms with Gasteiger partial charge in [0.2, 0.25) is 5.88 Å². The lowest BCUT2D eigenvalue weighted by Gasteiger charge is -2.46. The number of imidazole rings is 1. The van der Waals surface area contributed by atoms with Gasteiger partial charge in [0, 0.05) is 70.0 Å². The summed E-state index contributed by atoms with van der Waals surface area (Å²) < 4.78 is 14.2. The number of ether oxygens (including phenoxy) is 2. The SMILES string of the molecule is COc1ncccc1CN1CCC2(CC1)O[C@H](C(=O)N1CCN(C)CC1)Cn1ccnc12. The van der Waals surface area contributed by atoms with Gasteiger partial charge in [-0.25, -0.2) is 9.97 Å². The van der Waals surface area contributed by atoms with Crippen molar-refractivity contribution in [1.82, 2.24) is 29.2 Å². The van der Waals surface area contributed by atoms with Crippen molar-refractivity contribution in [1.29, 1.82) is 0 Å². The first-order valence-corrected chi connectivity index (χ1v) is 11.4. The van der Waals surface area contributed by atoms with E-state index in [-0.39, 0.29) is 5.91 Å². The zero-order valence-electron chi connectivity index (χ0n) is 18.9. The molecule has 1 spiro atoms. The zero-order chi connectivity index (χ0) is 22.1. The highest BCUT2D eigenvalue weighted by atomic mass is 16.5. The largest absolute Gasteiger partial charge is 0.481 e. The van der Waals surface area contributed by atoms with Crippen LogP contribution in [0.15, 0.2) is 30.7 Å². The number of methoxy groups -OCH3 is 1. The molecular formula is C23H32N6O3. The first-order chi connectivity index (χ1) is 15.6. The van der Waals surface area contributed by atoms with Gasteiger partial charge in [-0.15, -0.1) is 0 Å². The molecule has 172 valence electrons. The summed E-state index contributed by atoms with van der Waals surface area (Å²) in [7, 11) is 3.75. The summed E-state index contributed by atoms with van der Waals surface area (Å²) >= 11 is 0. The van der Waals surface area contributed by atoms with E-state index in [1.807, 2.05) is 23.4 Å². The van der Waals surface area contributed by atoms with E-state index >= 15 is 0 Å². The number of hydrogen-bond donors (Lipinski definition) is 0. The summed E-state index contributed by atoms with van der Waals surface area (Å²) in [5.41, 5.74) is 0.574. The molecule has 0 unspecified atom stereocenters. The van der Waals surface area contributed by atoms with Crippen LogP contribution in [0.1, 0.15) is 24.2 Å². The number of pyridine rings is 1. The van der Waals surface area contributed by atoms with Gasteiger partial charge >= 0.3 is 0 Å². The number of piperazine rings is 1. The highest BCUT2D eigenvalue weighted by Crippen LogP contribution is 2.40. The second-order valence-corrected chi connectivity index (χ2v) is 9.08. The molecule has 1 amide bonds. The van der Waals surface area contributed by atoms with E-state index in [9.17, 15) is 4.79 Å². The number of rotatable bonds is 4. The van der Waals surface area contributed by atoms with Gasteiger partial charge < -0.3 is 23.8 Å². The molecule has 1 atom stereocenters. The Hall–Kier alpha value is -2.49. The molecule has 0 radical (unpaired) electrons. The van der Waals surface area contributed by atoms with Crippen molar-refractivity contribution in [3.8, 4) is 5.88 Å². The Morgan fingerprint density at radius 3 is 2.69 bits per heavy atom. The van der Waals surface area contributed by atoms with E-state index in [4.69, 9.17) is 9.47 Å². The molecule has 3 aliphatic heterocycles. The Morgan fingerprint density at radius 2 is 1.94 bits per heavy atom. The lowest BCUT2D eigenvalue weighted by molar-refractivity contribution is -0.182. The van der Waals surface area contributed by atoms with Crippen molar-refractivity contribution in [2.75, 3.05) is 53.4 Å². The quantitative estimate of drug-likeness (QED) is 0.701. The molecule has 2 aromatic heterocycles. The topological polar surface area (TPSA) is 76.0 Å². The minimum Gasteiger partial charge on any atom is -0.481 e. The van der Waals surface area contributed by atoms with Crippen molar-refractivity contribution >= 4 is 5.91 Å². The molecule has 9 nitrogen and oxygen atoms in total. The number of likely N-dealkylation sites (N-methyl/N-ethyl adjacent to an activating group) is 1. The normalized spacial score (nSPS) is 23.8. The maximum Gasteiger partial charge on any atom is 0.253 e. The molecule has 2 fully saturated rings. The van der Waals surface area contributed by atoms with Crippen LogP contribution in [-0.2, 0) is 28.2 Å². The van der Waals surface area contributed by atoms with Gasteiger partial charge in [0.05, 0.1) is 13.7 Å². The fourth-order valence-corrected chi connectivity index (χ4v) is 5.14. The smallest absolute Gasteiger partial charge is 0.253 e. The fourth-order valence-electron chi connectivity index (χ4n) is 5.14. The molecule has 9 heteroatoms. The number of carbonyl (C=O) groups excluding carboxylic acids is 1. The molecule has 5 heterocycles. The van der Waals surface area contributed by atoms with Crippen LogP contribution in [0.5, 0.6) is 5.88 Å². The third kappa shape index (κ3) is 4.00. The fraction of sp³-hybridized carbons (Fsp3) is 0.609. The molecule has 0 aliphatic carbocycles. The van der Waals surface area contributed by atoms with Crippen molar-refractivity contribution in [3.05, 3.63) is 42.1 Å². The molecule has 0 aromatic carbocycles. The number of likely N-dealkylation sites (tertiary alicyclic amines) is 1. The van der Waals surface area contributed by atoms with Crippen LogP contribution in [0.3, 0.4) is 0 Å². The van der Waals surface area contributed by atoms with Crippen molar-refractivity contribution < 1.29 is 14.3 Å². The van der Waals surface area contributed by atoms with E-state index in [2.05, 4.69) is 37.4 Å². The van der Waals surface area contributed by atoms with Crippen LogP contribution in [-0.4, -0.2) is 94.7 Å². The molecule has 0 N–H and O–H groups in total. The first kappa shape index (κ1) is 21.4. The minimum absolute atomic E-state index is 0.111. The summed E-state index contributed by atoms with van der Waals surface area (Å²) in [5, 5.41) is 0. The minimum atomic E-state index is -0.510. The van der Waals surface area contributed by atoms with E-state index in [0.29, 0.717) is 12.4 Å². The summed E-state index contributed by atoms with van der Waals surface area (Å²) in [5.74, 6) is 1.74. The van der Waals surface area contributed by atoms with E-state index in [0.717, 1.165) is 70.0 Å². The molecule has 2 aromatic rings. The molecular weight excluding hydrogens is 408 g/mol. The summed E-state index contributed by atoms with van der Waals surface area (Å²) in [6.07, 6.45) is 6.72. The van der Waals surface area contributed by atoms with E-state index < -0.39 is 11.7 Å². The second-order valence-electron chi connectivity index (χ2n) is 9.08. The lowest BCUT2D eigenvalue weighted by atomic mass is 9.88. The van der Waals surface area contributed by atoms with E-state index in [1.165, 1.54) is 0 Å². The molecule has 0 bridgehead atoms. The van der Waals surface area contributed by atoms with E-state index in [1.54, 1.807) is 13.3 Å². The zero-order valence-corrected chi connectivity index (χ0v) is 18.9. The molecule has 2 saturated heterocycles. The van der Waals surface area contributed by atoms with Crippen LogP contribution in [0.4, 0.5) is 0 Å². The number of carbonyl (C=O) groups is 1. The van der Waals surface area contributed by atoms with Gasteiger partial charge in [0.25, 0.3) is 5.91 Å². The average Bonchev–Trinajstić information content (AvgIpc) is 3.31. The molecule has 3 aliphatic rings. The van der Waals surface area contributed by atoms with Gasteiger partial charge in [0.1, 0.15) is 11.4 Å². The number of piperidine rings is 1. The number of hydrogen-bond acceptors (Lipinski definition) is 7. The maximum absolute atomic E-state index is 13.3. The predicted molar refractivity (Wildman–Crippen MR) is 118 cm³/mol. The molecule has 0 saturated carbocycles. The lowest BCUT2D eigenvalue weighted by Crippen LogP contribution is -2.56. The summed E-state index contributed by atoms with van der Waals surface area (Å²) in [6.45, 7) is 6.39. The Balaban J connectivity index is 1.29. The Kier molecular flexibility index (Phi) is 5.88. The highest BCUT2D eigenvalue weighted by Gasteiger charge is 2.47. The van der Waals surface area contributed by atoms with Gasteiger partial charge in [-0.05, 0) is 26.0 Å². The molecule has 5 rings (SSSR count). The number of aromatic nitrogens is 3. The standard InChI is InChI=1S/C23H32N6O3/c1-26-12-14-28(15-13-26)21(30)19-17-29-11-8-25-22(29)23(32-19)5-9-27(10-6-23)16-18-4-3-7-24-20(18)31-2/h3-4,7-8,11,19H,5-6,9-10,12-17H2,1-2H3/t19-/m0/s1. The van der Waals surface area contributed by atoms with Crippen LogP contribution >= 0.6 is 0 Å². The van der Waals surface area contributed by atoms with Crippen LogP contribution in [0, 0.1) is 0 Å². The second kappa shape index (κ2) is 8.80. The Labute approximate surface area is 188 Å². The predicted octanol–water partition coefficient (Wildman–Crippen LogP) is 0.951. The van der Waals surface area contributed by atoms with Crippen LogP contribution in [0.25, 0.3) is 0 Å².